The molecule has 0 aliphatic carbocycles. The van der Waals surface area contributed by atoms with Crippen LogP contribution >= 0.6 is 22.9 Å². The van der Waals surface area contributed by atoms with Crippen LogP contribution in [0.2, 0.25) is 5.02 Å². The van der Waals surface area contributed by atoms with Crippen molar-refractivity contribution in [3.8, 4) is 0 Å². The number of ether oxygens (including phenoxy) is 1. The van der Waals surface area contributed by atoms with Crippen molar-refractivity contribution >= 4 is 44.6 Å². The zero-order valence-electron chi connectivity index (χ0n) is 15.9. The van der Waals surface area contributed by atoms with Gasteiger partial charge in [-0.2, -0.15) is 0 Å². The van der Waals surface area contributed by atoms with Gasteiger partial charge >= 0.3 is 5.97 Å². The van der Waals surface area contributed by atoms with Gasteiger partial charge in [0.05, 0.1) is 10.6 Å². The summed E-state index contributed by atoms with van der Waals surface area (Å²) < 4.78 is 34.2. The maximum absolute atomic E-state index is 13.1. The molecule has 6 nitrogen and oxygen atoms in total. The van der Waals surface area contributed by atoms with E-state index in [1.54, 1.807) is 43.5 Å². The molecule has 0 spiro atoms. The lowest BCUT2D eigenvalue weighted by molar-refractivity contribution is -0.154. The molecule has 0 aliphatic heterocycles. The summed E-state index contributed by atoms with van der Waals surface area (Å²) in [6.45, 7) is 8.48. The Morgan fingerprint density at radius 2 is 2.11 bits per heavy atom. The Morgan fingerprint density at radius 1 is 1.43 bits per heavy atom. The van der Waals surface area contributed by atoms with Crippen molar-refractivity contribution in [3.05, 3.63) is 63.3 Å². The average molecular weight is 443 g/mol. The van der Waals surface area contributed by atoms with Crippen LogP contribution in [0.5, 0.6) is 0 Å². The second-order valence-electron chi connectivity index (χ2n) is 6.58. The number of hydrogen-bond donors (Lipinski definition) is 2. The van der Waals surface area contributed by atoms with Gasteiger partial charge in [-0.1, -0.05) is 29.8 Å². The first-order valence-electron chi connectivity index (χ1n) is 8.42. The van der Waals surface area contributed by atoms with Crippen molar-refractivity contribution in [3.63, 3.8) is 0 Å². The molecule has 1 unspecified atom stereocenters. The summed E-state index contributed by atoms with van der Waals surface area (Å²) in [4.78, 5) is 12.0. The van der Waals surface area contributed by atoms with Gasteiger partial charge < -0.3 is 10.5 Å². The fourth-order valence-corrected chi connectivity index (χ4v) is 5.60. The number of hydrogen-bond acceptors (Lipinski definition) is 6. The molecule has 2 aromatic rings. The first-order valence-corrected chi connectivity index (χ1v) is 11.2. The monoisotopic (exact) mass is 442 g/mol. The minimum absolute atomic E-state index is 0.0953. The molecule has 0 aliphatic rings. The van der Waals surface area contributed by atoms with Gasteiger partial charge in [-0.25, -0.2) is 8.42 Å². The third kappa shape index (κ3) is 4.75. The highest BCUT2D eigenvalue weighted by Crippen LogP contribution is 2.38. The largest absolute Gasteiger partial charge is 0.454 e. The number of carbonyl (C=O) groups excluding carboxylic acids is 1. The number of halogens is 1. The predicted octanol–water partition coefficient (Wildman–Crippen LogP) is 4.33. The molecule has 2 rings (SSSR count). The molecule has 9 heteroatoms. The molecule has 1 aromatic carbocycles. The Balaban J connectivity index is 2.44. The Morgan fingerprint density at radius 3 is 2.68 bits per heavy atom. The molecule has 3 N–H and O–H groups in total. The van der Waals surface area contributed by atoms with Crippen LogP contribution in [0, 0.1) is 0 Å². The molecule has 0 fully saturated rings. The standard InChI is InChI=1S/C19H23ClN2O4S2/c1-5-17(13-7-6-8-15(20)14(13)11-21)28(24,25)22-16-9-10-27-18(16)19(3,4)26-12(2)23/h5-10,17,22H,1,11,21H2,2-4H3. The average Bonchev–Trinajstić information content (AvgIpc) is 3.02. The van der Waals surface area contributed by atoms with Gasteiger partial charge in [0.2, 0.25) is 10.0 Å². The highest BCUT2D eigenvalue weighted by Gasteiger charge is 2.32. The zero-order chi connectivity index (χ0) is 21.1. The van der Waals surface area contributed by atoms with E-state index in [0.717, 1.165) is 0 Å². The van der Waals surface area contributed by atoms with Gasteiger partial charge in [0.1, 0.15) is 10.9 Å². The van der Waals surface area contributed by atoms with Crippen LogP contribution in [0.4, 0.5) is 5.69 Å². The van der Waals surface area contributed by atoms with Crippen molar-refractivity contribution in [2.24, 2.45) is 5.73 Å². The summed E-state index contributed by atoms with van der Waals surface area (Å²) in [5.74, 6) is -0.456. The Kier molecular flexibility index (Phi) is 6.93. The van der Waals surface area contributed by atoms with E-state index in [2.05, 4.69) is 11.3 Å². The predicted molar refractivity (Wildman–Crippen MR) is 114 cm³/mol. The molecular formula is C19H23ClN2O4S2. The summed E-state index contributed by atoms with van der Waals surface area (Å²) in [6.07, 6.45) is 1.33. The highest BCUT2D eigenvalue weighted by atomic mass is 35.5. The van der Waals surface area contributed by atoms with E-state index in [-0.39, 0.29) is 6.54 Å². The third-order valence-electron chi connectivity index (χ3n) is 4.08. The van der Waals surface area contributed by atoms with Gasteiger partial charge in [-0.15, -0.1) is 17.9 Å². The lowest BCUT2D eigenvalue weighted by Crippen LogP contribution is -2.26. The van der Waals surface area contributed by atoms with Gasteiger partial charge in [0.15, 0.2) is 0 Å². The molecule has 28 heavy (non-hydrogen) atoms. The summed E-state index contributed by atoms with van der Waals surface area (Å²) in [5.41, 5.74) is 6.14. The number of sulfonamides is 1. The number of thiophene rings is 1. The molecule has 0 amide bonds. The van der Waals surface area contributed by atoms with Crippen molar-refractivity contribution in [2.75, 3.05) is 4.72 Å². The molecule has 0 bridgehead atoms. The minimum Gasteiger partial charge on any atom is -0.454 e. The maximum atomic E-state index is 13.1. The van der Waals surface area contributed by atoms with E-state index in [4.69, 9.17) is 22.1 Å². The Labute approximate surface area is 174 Å². The Hall–Kier alpha value is -1.87. The summed E-state index contributed by atoms with van der Waals surface area (Å²) in [5, 5.41) is 1.06. The summed E-state index contributed by atoms with van der Waals surface area (Å²) in [7, 11) is -3.93. The van der Waals surface area contributed by atoms with Gasteiger partial charge in [0, 0.05) is 18.5 Å². The number of rotatable bonds is 8. The van der Waals surface area contributed by atoms with E-state index in [9.17, 15) is 13.2 Å². The molecule has 1 atom stereocenters. The molecule has 152 valence electrons. The molecule has 0 radical (unpaired) electrons. The van der Waals surface area contributed by atoms with Crippen LogP contribution in [0.3, 0.4) is 0 Å². The van der Waals surface area contributed by atoms with E-state index >= 15 is 0 Å². The van der Waals surface area contributed by atoms with Crippen molar-refractivity contribution < 1.29 is 17.9 Å². The number of carbonyl (C=O) groups is 1. The first kappa shape index (κ1) is 22.4. The van der Waals surface area contributed by atoms with Crippen molar-refractivity contribution in [1.29, 1.82) is 0 Å². The van der Waals surface area contributed by atoms with Crippen LogP contribution < -0.4 is 10.5 Å². The second kappa shape index (κ2) is 8.65. The van der Waals surface area contributed by atoms with Crippen LogP contribution in [0.25, 0.3) is 0 Å². The van der Waals surface area contributed by atoms with Crippen LogP contribution in [0.15, 0.2) is 42.3 Å². The lowest BCUT2D eigenvalue weighted by atomic mass is 10.0. The normalized spacial score (nSPS) is 13.0. The summed E-state index contributed by atoms with van der Waals surface area (Å²) >= 11 is 7.47. The van der Waals surface area contributed by atoms with Gasteiger partial charge in [-0.3, -0.25) is 9.52 Å². The number of anilines is 1. The summed E-state index contributed by atoms with van der Waals surface area (Å²) in [6, 6.07) is 6.62. The molecule has 0 saturated carbocycles. The molecule has 0 saturated heterocycles. The minimum atomic E-state index is -3.93. The number of nitrogens with one attached hydrogen (secondary N) is 1. The van der Waals surface area contributed by atoms with Crippen molar-refractivity contribution in [2.45, 2.75) is 38.2 Å². The second-order valence-corrected chi connectivity index (χ2v) is 9.71. The van der Waals surface area contributed by atoms with Gasteiger partial charge in [-0.05, 0) is 42.5 Å². The van der Waals surface area contributed by atoms with E-state index in [1.807, 2.05) is 0 Å². The molecular weight excluding hydrogens is 420 g/mol. The fourth-order valence-electron chi connectivity index (χ4n) is 2.96. The van der Waals surface area contributed by atoms with Gasteiger partial charge in [0.25, 0.3) is 0 Å². The van der Waals surface area contributed by atoms with Crippen LogP contribution in [-0.2, 0) is 31.7 Å². The fraction of sp³-hybridized carbons (Fsp3) is 0.316. The zero-order valence-corrected chi connectivity index (χ0v) is 18.2. The number of esters is 1. The van der Waals surface area contributed by atoms with Crippen LogP contribution in [-0.4, -0.2) is 14.4 Å². The van der Waals surface area contributed by atoms with Crippen molar-refractivity contribution in [1.82, 2.24) is 0 Å². The highest BCUT2D eigenvalue weighted by molar-refractivity contribution is 7.93. The number of benzene rings is 1. The quantitative estimate of drug-likeness (QED) is 0.468. The topological polar surface area (TPSA) is 98.5 Å². The smallest absolute Gasteiger partial charge is 0.303 e. The van der Waals surface area contributed by atoms with E-state index in [0.29, 0.717) is 26.7 Å². The first-order chi connectivity index (χ1) is 13.0. The molecule has 1 aromatic heterocycles. The molecule has 1 heterocycles. The number of nitrogens with two attached hydrogens (primary N) is 1. The SMILES string of the molecule is C=CC(c1cccc(Cl)c1CN)S(=O)(=O)Nc1ccsc1C(C)(C)OC(C)=O. The van der Waals surface area contributed by atoms with E-state index < -0.39 is 26.8 Å². The maximum Gasteiger partial charge on any atom is 0.303 e. The van der Waals surface area contributed by atoms with E-state index in [1.165, 1.54) is 24.3 Å². The lowest BCUT2D eigenvalue weighted by Gasteiger charge is -2.26. The van der Waals surface area contributed by atoms with Crippen LogP contribution in [0.1, 0.15) is 42.0 Å². The Bertz CT molecular complexity index is 984. The third-order valence-corrected chi connectivity index (χ3v) is 7.27.